The van der Waals surface area contributed by atoms with Gasteiger partial charge < -0.3 is 14.8 Å². The number of nitrogens with one attached hydrogen (secondary N) is 1. The van der Waals surface area contributed by atoms with Gasteiger partial charge in [-0.2, -0.15) is 0 Å². The number of ketones is 1. The highest BCUT2D eigenvalue weighted by Crippen LogP contribution is 2.38. The van der Waals surface area contributed by atoms with Gasteiger partial charge in [-0.25, -0.2) is 9.59 Å². The first-order valence-electron chi connectivity index (χ1n) is 9.82. The van der Waals surface area contributed by atoms with Gasteiger partial charge in [0.15, 0.2) is 5.78 Å². The van der Waals surface area contributed by atoms with Crippen molar-refractivity contribution in [3.63, 3.8) is 0 Å². The van der Waals surface area contributed by atoms with E-state index in [1.807, 2.05) is 30.5 Å². The van der Waals surface area contributed by atoms with Crippen molar-refractivity contribution in [1.29, 1.82) is 0 Å². The Labute approximate surface area is 180 Å². The number of thioether (sulfide) groups is 1. The molecule has 1 aliphatic heterocycles. The summed E-state index contributed by atoms with van der Waals surface area (Å²) < 4.78 is 10.3. The van der Waals surface area contributed by atoms with Gasteiger partial charge in [-0.05, 0) is 55.9 Å². The molecular weight excluding hydrogens is 402 g/mol. The fourth-order valence-electron chi connectivity index (χ4n) is 3.33. The van der Waals surface area contributed by atoms with Crippen molar-refractivity contribution in [3.8, 4) is 0 Å². The van der Waals surface area contributed by atoms with Crippen LogP contribution in [0.15, 0.2) is 64.4 Å². The molecule has 0 bridgehead atoms. The van der Waals surface area contributed by atoms with Gasteiger partial charge in [-0.15, -0.1) is 11.8 Å². The molecule has 1 aromatic rings. The Morgan fingerprint density at radius 3 is 2.63 bits per heavy atom. The van der Waals surface area contributed by atoms with Crippen molar-refractivity contribution in [1.82, 2.24) is 5.32 Å². The first-order chi connectivity index (χ1) is 14.5. The van der Waals surface area contributed by atoms with Gasteiger partial charge in [0.2, 0.25) is 0 Å². The number of carbonyl (C=O) groups is 3. The minimum Gasteiger partial charge on any atom is -0.466 e. The topological polar surface area (TPSA) is 81.7 Å². The molecular formula is C23H25NO5S. The lowest BCUT2D eigenvalue weighted by Gasteiger charge is -2.28. The molecule has 0 radical (unpaired) electrons. The van der Waals surface area contributed by atoms with Gasteiger partial charge in [-0.1, -0.05) is 12.1 Å². The van der Waals surface area contributed by atoms with E-state index in [-0.39, 0.29) is 23.9 Å². The smallest absolute Gasteiger partial charge is 0.337 e. The summed E-state index contributed by atoms with van der Waals surface area (Å²) in [5.74, 6) is -1.65. The zero-order chi connectivity index (χ0) is 21.7. The predicted molar refractivity (Wildman–Crippen MR) is 115 cm³/mol. The van der Waals surface area contributed by atoms with Crippen LogP contribution in [0, 0.1) is 5.92 Å². The van der Waals surface area contributed by atoms with Crippen molar-refractivity contribution < 1.29 is 23.9 Å². The molecule has 1 N–H and O–H groups in total. The van der Waals surface area contributed by atoms with Crippen LogP contribution in [0.3, 0.4) is 0 Å². The molecule has 1 atom stereocenters. The number of rotatable bonds is 8. The Morgan fingerprint density at radius 1 is 1.23 bits per heavy atom. The maximum atomic E-state index is 13.0. The van der Waals surface area contributed by atoms with Gasteiger partial charge in [-0.3, -0.25) is 4.79 Å². The van der Waals surface area contributed by atoms with E-state index in [0.29, 0.717) is 11.3 Å². The monoisotopic (exact) mass is 427 g/mol. The molecule has 3 rings (SSSR count). The first kappa shape index (κ1) is 21.9. The van der Waals surface area contributed by atoms with E-state index in [0.717, 1.165) is 23.3 Å². The summed E-state index contributed by atoms with van der Waals surface area (Å²) in [6, 6.07) is 7.64. The molecule has 1 saturated carbocycles. The second-order valence-corrected chi connectivity index (χ2v) is 7.88. The number of hydrogen-bond acceptors (Lipinski definition) is 7. The Hall–Kier alpha value is -2.80. The fraction of sp³-hybridized carbons (Fsp3) is 0.348. The highest BCUT2D eigenvalue weighted by Gasteiger charge is 2.36. The van der Waals surface area contributed by atoms with Gasteiger partial charge in [0, 0.05) is 22.7 Å². The van der Waals surface area contributed by atoms with Crippen molar-refractivity contribution in [3.05, 3.63) is 65.0 Å². The number of hydrogen-bond donors (Lipinski definition) is 1. The fourth-order valence-corrected chi connectivity index (χ4v) is 3.80. The number of ether oxygens (including phenoxy) is 2. The van der Waals surface area contributed by atoms with Crippen molar-refractivity contribution in [2.45, 2.75) is 30.6 Å². The maximum Gasteiger partial charge on any atom is 0.337 e. The largest absolute Gasteiger partial charge is 0.466 e. The van der Waals surface area contributed by atoms with Crippen LogP contribution in [-0.4, -0.2) is 37.7 Å². The molecule has 1 aromatic carbocycles. The van der Waals surface area contributed by atoms with Crippen LogP contribution in [-0.2, 0) is 23.9 Å². The number of benzene rings is 1. The zero-order valence-corrected chi connectivity index (χ0v) is 18.1. The summed E-state index contributed by atoms with van der Waals surface area (Å²) in [6.45, 7) is 1.91. The van der Waals surface area contributed by atoms with Gasteiger partial charge in [0.25, 0.3) is 0 Å². The molecule has 6 nitrogen and oxygen atoms in total. The molecule has 1 aliphatic carbocycles. The number of carbonyl (C=O) groups excluding carboxylic acids is 3. The summed E-state index contributed by atoms with van der Waals surface area (Å²) in [4.78, 5) is 38.6. The lowest BCUT2D eigenvalue weighted by atomic mass is 9.81. The van der Waals surface area contributed by atoms with E-state index in [9.17, 15) is 14.4 Å². The third-order valence-corrected chi connectivity index (χ3v) is 5.74. The van der Waals surface area contributed by atoms with Gasteiger partial charge >= 0.3 is 11.9 Å². The van der Waals surface area contributed by atoms with E-state index in [2.05, 4.69) is 5.32 Å². The number of dihydropyridines is 1. The molecule has 7 heteroatoms. The molecule has 2 aliphatic rings. The summed E-state index contributed by atoms with van der Waals surface area (Å²) in [5.41, 5.74) is 1.78. The van der Waals surface area contributed by atoms with Crippen molar-refractivity contribution in [2.24, 2.45) is 5.92 Å². The van der Waals surface area contributed by atoms with E-state index in [1.165, 1.54) is 19.4 Å². The normalized spacial score (nSPS) is 18.6. The Balaban J connectivity index is 2.12. The number of methoxy groups -OCH3 is 1. The minimum absolute atomic E-state index is 0.0381. The van der Waals surface area contributed by atoms with Crippen molar-refractivity contribution in [2.75, 3.05) is 20.0 Å². The van der Waals surface area contributed by atoms with E-state index in [1.54, 1.807) is 24.8 Å². The number of esters is 2. The number of allylic oxidation sites excluding steroid dienone is 2. The van der Waals surface area contributed by atoms with Crippen molar-refractivity contribution >= 4 is 29.5 Å². The molecule has 30 heavy (non-hydrogen) atoms. The highest BCUT2D eigenvalue weighted by molar-refractivity contribution is 7.98. The zero-order valence-electron chi connectivity index (χ0n) is 17.3. The van der Waals surface area contributed by atoms with Crippen LogP contribution in [0.1, 0.15) is 31.2 Å². The molecule has 0 spiro atoms. The summed E-state index contributed by atoms with van der Waals surface area (Å²) in [7, 11) is 1.30. The third kappa shape index (κ3) is 4.84. The van der Waals surface area contributed by atoms with Crippen LogP contribution in [0.25, 0.3) is 0 Å². The molecule has 1 fully saturated rings. The average Bonchev–Trinajstić information content (AvgIpc) is 3.62. The Kier molecular flexibility index (Phi) is 7.15. The summed E-state index contributed by atoms with van der Waals surface area (Å²) >= 11 is 1.57. The maximum absolute atomic E-state index is 13.0. The first-order valence-corrected chi connectivity index (χ1v) is 11.0. The molecule has 0 saturated heterocycles. The SMILES string of the molecule is CCOC(=O)C1=C(C=CC(=O)C2CC2)NC=C(C(=O)OC)C1c1cccc(SC)c1. The van der Waals surface area contributed by atoms with Crippen LogP contribution in [0.2, 0.25) is 0 Å². The van der Waals surface area contributed by atoms with Gasteiger partial charge in [0.1, 0.15) is 0 Å². The molecule has 1 unspecified atom stereocenters. The second kappa shape index (κ2) is 9.80. The van der Waals surface area contributed by atoms with E-state index in [4.69, 9.17) is 9.47 Å². The Bertz CT molecular complexity index is 943. The second-order valence-electron chi connectivity index (χ2n) is 7.00. The molecule has 0 aromatic heterocycles. The highest BCUT2D eigenvalue weighted by atomic mass is 32.2. The lowest BCUT2D eigenvalue weighted by Crippen LogP contribution is -2.30. The molecule has 1 heterocycles. The van der Waals surface area contributed by atoms with Crippen LogP contribution < -0.4 is 5.32 Å². The molecule has 0 amide bonds. The molecule has 158 valence electrons. The summed E-state index contributed by atoms with van der Waals surface area (Å²) in [5, 5.41) is 2.99. The lowest BCUT2D eigenvalue weighted by molar-refractivity contribution is -0.139. The minimum atomic E-state index is -0.680. The predicted octanol–water partition coefficient (Wildman–Crippen LogP) is 3.50. The summed E-state index contributed by atoms with van der Waals surface area (Å²) in [6.07, 6.45) is 8.38. The standard InChI is InChI=1S/C23H25NO5S/c1-4-29-23(27)21-18(10-11-19(25)14-8-9-14)24-13-17(22(26)28-2)20(21)15-6-5-7-16(12-15)30-3/h5-7,10-14,20,24H,4,8-9H2,1-3H3. The van der Waals surface area contributed by atoms with E-state index < -0.39 is 17.9 Å². The van der Waals surface area contributed by atoms with Crippen LogP contribution >= 0.6 is 11.8 Å². The third-order valence-electron chi connectivity index (χ3n) is 5.01. The quantitative estimate of drug-likeness (QED) is 0.386. The average molecular weight is 428 g/mol. The Morgan fingerprint density at radius 2 is 2.00 bits per heavy atom. The van der Waals surface area contributed by atoms with Crippen LogP contribution in [0.4, 0.5) is 0 Å². The van der Waals surface area contributed by atoms with Gasteiger partial charge in [0.05, 0.1) is 30.8 Å². The van der Waals surface area contributed by atoms with E-state index >= 15 is 0 Å². The van der Waals surface area contributed by atoms with Crippen LogP contribution in [0.5, 0.6) is 0 Å².